The van der Waals surface area contributed by atoms with Crippen LogP contribution >= 0.6 is 25.6 Å². The average Bonchev–Trinajstić information content (AvgIpc) is 2.96. The zero-order valence-electron chi connectivity index (χ0n) is 10.2. The van der Waals surface area contributed by atoms with Gasteiger partial charge in [-0.3, -0.25) is 0 Å². The van der Waals surface area contributed by atoms with E-state index in [0.717, 1.165) is 25.0 Å². The molecule has 1 aliphatic carbocycles. The number of thiol groups is 2. The number of hydrogen-bond acceptors (Lipinski definition) is 3. The monoisotopic (exact) mass is 306 g/mol. The molecule has 1 aromatic rings. The second kappa shape index (κ2) is 4.96. The molecule has 1 aromatic carbocycles. The smallest absolute Gasteiger partial charge is 0.369 e. The molecule has 0 spiro atoms. The topological polar surface area (TPSA) is 37.3 Å². The highest BCUT2D eigenvalue weighted by molar-refractivity contribution is 7.87. The number of rotatable bonds is 4. The van der Waals surface area contributed by atoms with E-state index in [1.807, 2.05) is 0 Å². The summed E-state index contributed by atoms with van der Waals surface area (Å²) in [5.74, 6) is -2.75. The van der Waals surface area contributed by atoms with Gasteiger partial charge in [0.1, 0.15) is 11.6 Å². The third-order valence-corrected chi connectivity index (χ3v) is 3.59. The van der Waals surface area contributed by atoms with Crippen molar-refractivity contribution in [1.82, 2.24) is 0 Å². The summed E-state index contributed by atoms with van der Waals surface area (Å²) in [6.07, 6.45) is 1.56. The van der Waals surface area contributed by atoms with E-state index in [4.69, 9.17) is 0 Å². The first-order chi connectivity index (χ1) is 8.71. The van der Waals surface area contributed by atoms with Crippen LogP contribution in [0, 0.1) is 11.6 Å². The Hall–Kier alpha value is -0.790. The van der Waals surface area contributed by atoms with Crippen molar-refractivity contribution >= 4 is 31.6 Å². The Balaban J connectivity index is 2.61. The van der Waals surface area contributed by atoms with Gasteiger partial charge in [0.05, 0.1) is 32.7 Å². The molecule has 0 aliphatic heterocycles. The highest BCUT2D eigenvalue weighted by Crippen LogP contribution is 2.46. The number of carboxylic acid groups (broad SMARTS) is 1. The number of aliphatic carboxylic acids is 1. The summed E-state index contributed by atoms with van der Waals surface area (Å²) in [7, 11) is 1.44. The zero-order chi connectivity index (χ0) is 14.4. The van der Waals surface area contributed by atoms with Gasteiger partial charge in [0, 0.05) is 17.2 Å². The van der Waals surface area contributed by atoms with Gasteiger partial charge < -0.3 is 5.11 Å². The van der Waals surface area contributed by atoms with Crippen LogP contribution in [0.1, 0.15) is 35.9 Å². The first-order valence-corrected chi connectivity index (χ1v) is 6.55. The number of carboxylic acids is 1. The molecular formula is C12H14F2NO2S2+. The second-order valence-electron chi connectivity index (χ2n) is 4.88. The maximum absolute atomic E-state index is 13.9. The Bertz CT molecular complexity index is 527. The van der Waals surface area contributed by atoms with Crippen molar-refractivity contribution in [1.29, 1.82) is 0 Å². The lowest BCUT2D eigenvalue weighted by Crippen LogP contribution is -2.35. The zero-order valence-corrected chi connectivity index (χ0v) is 12.0. The van der Waals surface area contributed by atoms with Crippen LogP contribution in [0.2, 0.25) is 0 Å². The Labute approximate surface area is 120 Å². The second-order valence-corrected chi connectivity index (χ2v) is 6.86. The summed E-state index contributed by atoms with van der Waals surface area (Å²) in [5, 5.41) is 9.31. The van der Waals surface area contributed by atoms with Gasteiger partial charge in [0.15, 0.2) is 0 Å². The van der Waals surface area contributed by atoms with E-state index in [1.165, 1.54) is 7.05 Å². The van der Waals surface area contributed by atoms with Gasteiger partial charge in [-0.25, -0.2) is 13.6 Å². The number of carbonyl (C=O) groups is 1. The molecule has 1 fully saturated rings. The fourth-order valence-corrected chi connectivity index (χ4v) is 2.69. The summed E-state index contributed by atoms with van der Waals surface area (Å²) in [5.41, 5.74) is 0.390. The molecule has 2 rings (SSSR count). The van der Waals surface area contributed by atoms with Crippen LogP contribution in [-0.4, -0.2) is 21.4 Å². The first kappa shape index (κ1) is 14.6. The summed E-state index contributed by atoms with van der Waals surface area (Å²) in [6, 6.07) is 0.614. The standard InChI is InChI=1S/C12H13F2NO2S2/c1-15(18,19)11(12(16)17)8-4-7(13)5-9(14)10(8)6-2-3-6/h4-6,11,18-19H,2-3H2,1H3/p+1. The normalized spacial score (nSPS) is 17.3. The van der Waals surface area contributed by atoms with Gasteiger partial charge in [0.2, 0.25) is 6.04 Å². The predicted molar refractivity (Wildman–Crippen MR) is 72.9 cm³/mol. The molecule has 0 amide bonds. The van der Waals surface area contributed by atoms with Crippen molar-refractivity contribution in [3.8, 4) is 0 Å². The first-order valence-electron chi connectivity index (χ1n) is 5.75. The molecule has 7 heteroatoms. The van der Waals surface area contributed by atoms with Crippen LogP contribution in [0.15, 0.2) is 12.1 Å². The third kappa shape index (κ3) is 3.04. The summed E-state index contributed by atoms with van der Waals surface area (Å²) in [4.78, 5) is 11.4. The van der Waals surface area contributed by atoms with Crippen LogP contribution in [0.5, 0.6) is 0 Å². The molecule has 3 nitrogen and oxygen atoms in total. The van der Waals surface area contributed by atoms with E-state index in [1.54, 1.807) is 0 Å². The molecule has 0 saturated heterocycles. The van der Waals surface area contributed by atoms with Gasteiger partial charge in [-0.2, -0.15) is 3.29 Å². The highest BCUT2D eigenvalue weighted by atomic mass is 32.2. The predicted octanol–water partition coefficient (Wildman–Crippen LogP) is 3.10. The minimum atomic E-state index is -1.24. The molecule has 0 bridgehead atoms. The number of likely N-dealkylation sites (N-methyl/N-ethyl adjacent to an activating group) is 1. The molecule has 0 heterocycles. The SMILES string of the molecule is C[N+](S)(S)C(C(=O)O)c1cc(F)cc(F)c1C1CC1. The third-order valence-electron chi connectivity index (χ3n) is 3.13. The molecule has 104 valence electrons. The van der Waals surface area contributed by atoms with Crippen molar-refractivity contribution < 1.29 is 22.0 Å². The van der Waals surface area contributed by atoms with E-state index in [2.05, 4.69) is 25.6 Å². The number of quaternary nitrogens is 1. The molecule has 1 N–H and O–H groups in total. The van der Waals surface area contributed by atoms with Crippen molar-refractivity contribution in [2.45, 2.75) is 24.8 Å². The van der Waals surface area contributed by atoms with Gasteiger partial charge in [-0.05, 0) is 24.8 Å². The maximum atomic E-state index is 13.9. The number of hydrogen-bond donors (Lipinski definition) is 3. The lowest BCUT2D eigenvalue weighted by Gasteiger charge is -2.27. The molecule has 0 aromatic heterocycles. The fourth-order valence-electron chi connectivity index (χ4n) is 2.24. The largest absolute Gasteiger partial charge is 0.477 e. The van der Waals surface area contributed by atoms with Gasteiger partial charge in [-0.1, -0.05) is 0 Å². The molecule has 1 aliphatic rings. The summed E-state index contributed by atoms with van der Waals surface area (Å²) < 4.78 is 26.8. The lowest BCUT2D eigenvalue weighted by molar-refractivity contribution is -0.643. The molecular weight excluding hydrogens is 292 g/mol. The Kier molecular flexibility index (Phi) is 3.81. The van der Waals surface area contributed by atoms with Gasteiger partial charge in [-0.15, -0.1) is 0 Å². The number of halogens is 2. The number of nitrogens with zero attached hydrogens (tertiary/aromatic N) is 1. The van der Waals surface area contributed by atoms with Crippen molar-refractivity contribution in [3.05, 3.63) is 34.9 Å². The minimum Gasteiger partial charge on any atom is -0.477 e. The lowest BCUT2D eigenvalue weighted by atomic mass is 9.96. The molecule has 1 saturated carbocycles. The van der Waals surface area contributed by atoms with E-state index in [-0.39, 0.29) is 17.0 Å². The fraction of sp³-hybridized carbons (Fsp3) is 0.417. The van der Waals surface area contributed by atoms with Crippen LogP contribution < -0.4 is 0 Å². The van der Waals surface area contributed by atoms with E-state index in [0.29, 0.717) is 0 Å². The van der Waals surface area contributed by atoms with E-state index < -0.39 is 26.9 Å². The minimum absolute atomic E-state index is 0.0364. The van der Waals surface area contributed by atoms with Crippen LogP contribution in [0.4, 0.5) is 8.78 Å². The quantitative estimate of drug-likeness (QED) is 0.590. The Morgan fingerprint density at radius 2 is 2.00 bits per heavy atom. The molecule has 1 atom stereocenters. The Morgan fingerprint density at radius 1 is 1.42 bits per heavy atom. The van der Waals surface area contributed by atoms with Crippen LogP contribution in [0.3, 0.4) is 0 Å². The number of benzene rings is 1. The van der Waals surface area contributed by atoms with Crippen molar-refractivity contribution in [2.75, 3.05) is 7.05 Å². The van der Waals surface area contributed by atoms with E-state index in [9.17, 15) is 18.7 Å². The van der Waals surface area contributed by atoms with E-state index >= 15 is 0 Å². The van der Waals surface area contributed by atoms with Crippen LogP contribution in [-0.2, 0) is 4.79 Å². The van der Waals surface area contributed by atoms with Crippen molar-refractivity contribution in [3.63, 3.8) is 0 Å². The molecule has 19 heavy (non-hydrogen) atoms. The summed E-state index contributed by atoms with van der Waals surface area (Å²) >= 11 is 8.16. The maximum Gasteiger partial charge on any atom is 0.369 e. The molecule has 1 unspecified atom stereocenters. The summed E-state index contributed by atoms with van der Waals surface area (Å²) in [6.45, 7) is 0. The van der Waals surface area contributed by atoms with Crippen molar-refractivity contribution in [2.24, 2.45) is 0 Å². The van der Waals surface area contributed by atoms with Gasteiger partial charge >= 0.3 is 5.97 Å². The van der Waals surface area contributed by atoms with Gasteiger partial charge in [0.25, 0.3) is 0 Å². The highest BCUT2D eigenvalue weighted by Gasteiger charge is 2.42. The Morgan fingerprint density at radius 3 is 2.42 bits per heavy atom. The molecule has 0 radical (unpaired) electrons. The average molecular weight is 306 g/mol. The van der Waals surface area contributed by atoms with Crippen LogP contribution in [0.25, 0.3) is 0 Å².